The molecule has 1 fully saturated rings. The first kappa shape index (κ1) is 19.0. The molecule has 32 heavy (non-hydrogen) atoms. The highest BCUT2D eigenvalue weighted by Gasteiger charge is 2.19. The molecule has 0 amide bonds. The van der Waals surface area contributed by atoms with Gasteiger partial charge in [-0.25, -0.2) is 15.0 Å². The molecule has 0 saturated heterocycles. The summed E-state index contributed by atoms with van der Waals surface area (Å²) in [5, 5.41) is 0. The molecular weight excluding hydrogens is 398 g/mol. The van der Waals surface area contributed by atoms with Gasteiger partial charge < -0.3 is 13.7 Å². The van der Waals surface area contributed by atoms with Crippen molar-refractivity contribution >= 4 is 16.7 Å². The first-order valence-corrected chi connectivity index (χ1v) is 11.3. The van der Waals surface area contributed by atoms with E-state index in [0.717, 1.165) is 39.4 Å². The van der Waals surface area contributed by atoms with Crippen LogP contribution >= 0.6 is 0 Å². The SMILES string of the molecule is COc1ccc(-c2cn3ccnc3c(-c3ccc4ncn(C5CCCCC5)c4c3)n2)cc1. The minimum absolute atomic E-state index is 0.536. The number of methoxy groups -OCH3 is 1. The van der Waals surface area contributed by atoms with Gasteiger partial charge in [0.05, 0.1) is 30.2 Å². The van der Waals surface area contributed by atoms with Crippen LogP contribution in [0.4, 0.5) is 0 Å². The Kier molecular flexibility index (Phi) is 4.63. The summed E-state index contributed by atoms with van der Waals surface area (Å²) >= 11 is 0. The van der Waals surface area contributed by atoms with Gasteiger partial charge >= 0.3 is 0 Å². The third kappa shape index (κ3) is 3.23. The van der Waals surface area contributed by atoms with Gasteiger partial charge in [-0.1, -0.05) is 25.3 Å². The molecule has 5 aromatic rings. The van der Waals surface area contributed by atoms with Crippen LogP contribution in [0.15, 0.2) is 67.4 Å². The molecule has 1 aliphatic rings. The average molecular weight is 424 g/mol. The normalized spacial score (nSPS) is 14.9. The number of benzene rings is 2. The second-order valence-electron chi connectivity index (χ2n) is 8.51. The predicted octanol–water partition coefficient (Wildman–Crippen LogP) is 5.93. The van der Waals surface area contributed by atoms with Crippen LogP contribution in [-0.2, 0) is 0 Å². The van der Waals surface area contributed by atoms with Crippen molar-refractivity contribution in [2.24, 2.45) is 0 Å². The summed E-state index contributed by atoms with van der Waals surface area (Å²) in [6.07, 6.45) is 14.2. The van der Waals surface area contributed by atoms with E-state index >= 15 is 0 Å². The van der Waals surface area contributed by atoms with Crippen molar-refractivity contribution in [2.75, 3.05) is 7.11 Å². The molecule has 6 rings (SSSR count). The number of nitrogens with zero attached hydrogens (tertiary/aromatic N) is 5. The van der Waals surface area contributed by atoms with E-state index in [1.807, 2.05) is 53.6 Å². The Labute approximate surface area is 186 Å². The van der Waals surface area contributed by atoms with Gasteiger partial charge in [0.1, 0.15) is 11.4 Å². The van der Waals surface area contributed by atoms with Crippen LogP contribution in [0, 0.1) is 0 Å². The quantitative estimate of drug-likeness (QED) is 0.360. The number of hydrogen-bond donors (Lipinski definition) is 0. The van der Waals surface area contributed by atoms with E-state index in [9.17, 15) is 0 Å². The summed E-state index contributed by atoms with van der Waals surface area (Å²) in [4.78, 5) is 14.3. The van der Waals surface area contributed by atoms with Crippen molar-refractivity contribution in [3.63, 3.8) is 0 Å². The monoisotopic (exact) mass is 423 g/mol. The molecule has 160 valence electrons. The largest absolute Gasteiger partial charge is 0.497 e. The lowest BCUT2D eigenvalue weighted by Gasteiger charge is -2.23. The fraction of sp³-hybridized carbons (Fsp3) is 0.269. The lowest BCUT2D eigenvalue weighted by Crippen LogP contribution is -2.11. The van der Waals surface area contributed by atoms with Gasteiger partial charge in [-0.15, -0.1) is 0 Å². The summed E-state index contributed by atoms with van der Waals surface area (Å²) in [5.41, 5.74) is 6.93. The fourth-order valence-electron chi connectivity index (χ4n) is 4.85. The molecule has 0 spiro atoms. The highest BCUT2D eigenvalue weighted by Crippen LogP contribution is 2.33. The van der Waals surface area contributed by atoms with Crippen LogP contribution in [0.3, 0.4) is 0 Å². The van der Waals surface area contributed by atoms with Crippen LogP contribution in [-0.4, -0.2) is 31.0 Å². The van der Waals surface area contributed by atoms with Crippen molar-refractivity contribution in [3.05, 3.63) is 67.4 Å². The zero-order valence-electron chi connectivity index (χ0n) is 18.1. The fourth-order valence-corrected chi connectivity index (χ4v) is 4.85. The number of imidazole rings is 2. The Morgan fingerprint density at radius 3 is 2.56 bits per heavy atom. The Morgan fingerprint density at radius 2 is 1.75 bits per heavy atom. The Morgan fingerprint density at radius 1 is 0.938 bits per heavy atom. The van der Waals surface area contributed by atoms with Crippen LogP contribution in [0.5, 0.6) is 5.75 Å². The number of aromatic nitrogens is 5. The molecule has 1 saturated carbocycles. The van der Waals surface area contributed by atoms with Crippen molar-refractivity contribution in [3.8, 4) is 28.3 Å². The first-order chi connectivity index (χ1) is 15.8. The summed E-state index contributed by atoms with van der Waals surface area (Å²) in [7, 11) is 1.68. The van der Waals surface area contributed by atoms with Crippen LogP contribution < -0.4 is 4.74 Å². The molecule has 0 radical (unpaired) electrons. The summed E-state index contributed by atoms with van der Waals surface area (Å²) in [5.74, 6) is 0.833. The van der Waals surface area contributed by atoms with Gasteiger partial charge in [-0.2, -0.15) is 0 Å². The highest BCUT2D eigenvalue weighted by atomic mass is 16.5. The van der Waals surface area contributed by atoms with Gasteiger partial charge in [-0.05, 0) is 49.2 Å². The third-order valence-corrected chi connectivity index (χ3v) is 6.58. The molecule has 6 heteroatoms. The van der Waals surface area contributed by atoms with E-state index in [2.05, 4.69) is 32.7 Å². The molecule has 0 N–H and O–H groups in total. The number of ether oxygens (including phenoxy) is 1. The van der Waals surface area contributed by atoms with Gasteiger partial charge in [0.25, 0.3) is 0 Å². The molecular formula is C26H25N5O. The second kappa shape index (κ2) is 7.79. The molecule has 0 aliphatic heterocycles. The van der Waals surface area contributed by atoms with Crippen LogP contribution in [0.2, 0.25) is 0 Å². The molecule has 2 aromatic carbocycles. The van der Waals surface area contributed by atoms with Crippen molar-refractivity contribution in [2.45, 2.75) is 38.1 Å². The van der Waals surface area contributed by atoms with E-state index in [1.54, 1.807) is 7.11 Å². The number of hydrogen-bond acceptors (Lipinski definition) is 4. The van der Waals surface area contributed by atoms with Gasteiger partial charge in [0.15, 0.2) is 5.65 Å². The Hall–Kier alpha value is -3.67. The van der Waals surface area contributed by atoms with E-state index in [-0.39, 0.29) is 0 Å². The van der Waals surface area contributed by atoms with E-state index in [0.29, 0.717) is 6.04 Å². The number of fused-ring (bicyclic) bond motifs is 2. The average Bonchev–Trinajstić information content (AvgIpc) is 3.50. The molecule has 0 unspecified atom stereocenters. The molecule has 3 heterocycles. The van der Waals surface area contributed by atoms with E-state index < -0.39 is 0 Å². The maximum absolute atomic E-state index is 5.31. The lowest BCUT2D eigenvalue weighted by atomic mass is 9.95. The highest BCUT2D eigenvalue weighted by molar-refractivity contribution is 5.85. The molecule has 0 atom stereocenters. The minimum atomic E-state index is 0.536. The summed E-state index contributed by atoms with van der Waals surface area (Å²) < 4.78 is 9.72. The zero-order chi connectivity index (χ0) is 21.5. The lowest BCUT2D eigenvalue weighted by molar-refractivity contribution is 0.359. The van der Waals surface area contributed by atoms with Crippen LogP contribution in [0.25, 0.3) is 39.2 Å². The van der Waals surface area contributed by atoms with Crippen LogP contribution in [0.1, 0.15) is 38.1 Å². The second-order valence-corrected chi connectivity index (χ2v) is 8.51. The molecule has 6 nitrogen and oxygen atoms in total. The standard InChI is InChI=1S/C26H25N5O/c1-32-21-10-7-18(8-11-21)23-16-30-14-13-27-26(30)25(29-23)19-9-12-22-24(15-19)31(17-28-22)20-5-3-2-4-6-20/h7-17,20H,2-6H2,1H3. The number of rotatable bonds is 4. The van der Waals surface area contributed by atoms with Gasteiger partial charge in [0.2, 0.25) is 0 Å². The Bertz CT molecular complexity index is 1390. The topological polar surface area (TPSA) is 57.2 Å². The molecule has 3 aromatic heterocycles. The summed E-state index contributed by atoms with van der Waals surface area (Å²) in [6.45, 7) is 0. The maximum atomic E-state index is 5.31. The first-order valence-electron chi connectivity index (χ1n) is 11.3. The van der Waals surface area contributed by atoms with Crippen molar-refractivity contribution in [1.29, 1.82) is 0 Å². The van der Waals surface area contributed by atoms with E-state index in [4.69, 9.17) is 9.72 Å². The molecule has 1 aliphatic carbocycles. The summed E-state index contributed by atoms with van der Waals surface area (Å²) in [6, 6.07) is 15.0. The predicted molar refractivity (Wildman–Crippen MR) is 126 cm³/mol. The van der Waals surface area contributed by atoms with Gasteiger partial charge in [-0.3, -0.25) is 0 Å². The smallest absolute Gasteiger partial charge is 0.163 e. The third-order valence-electron chi connectivity index (χ3n) is 6.58. The molecule has 0 bridgehead atoms. The zero-order valence-corrected chi connectivity index (χ0v) is 18.1. The van der Waals surface area contributed by atoms with E-state index in [1.165, 1.54) is 37.6 Å². The minimum Gasteiger partial charge on any atom is -0.497 e. The van der Waals surface area contributed by atoms with Crippen molar-refractivity contribution in [1.82, 2.24) is 23.9 Å². The van der Waals surface area contributed by atoms with Crippen molar-refractivity contribution < 1.29 is 4.74 Å². The maximum Gasteiger partial charge on any atom is 0.163 e. The Balaban J connectivity index is 1.49. The van der Waals surface area contributed by atoms with Gasteiger partial charge in [0, 0.05) is 35.8 Å².